The summed E-state index contributed by atoms with van der Waals surface area (Å²) < 4.78 is 0. The minimum atomic E-state index is 0.855. The van der Waals surface area contributed by atoms with Gasteiger partial charge in [-0.25, -0.2) is 0 Å². The fraction of sp³-hybridized carbons (Fsp3) is 1.00. The molecule has 1 N–H and O–H groups in total. The number of hydrogen-bond acceptors (Lipinski definition) is 1. The molecular weight excluding hydrogens is 254 g/mol. The van der Waals surface area contributed by atoms with E-state index < -0.39 is 0 Å². The Morgan fingerprint density at radius 2 is 1.43 bits per heavy atom. The number of nitrogens with one attached hydrogen (secondary N) is 1. The van der Waals surface area contributed by atoms with E-state index in [1.54, 1.807) is 0 Å². The molecule has 0 aromatic heterocycles. The standard InChI is InChI=1S/C20H39N/c1-3-5-6-7-8-9-10-15-19(21-16-4-2)20-17-13-11-12-14-18(17)20/h17-21H,3-16H2,1-2H3. The van der Waals surface area contributed by atoms with Gasteiger partial charge in [-0.2, -0.15) is 0 Å². The van der Waals surface area contributed by atoms with E-state index in [0.717, 1.165) is 23.8 Å². The van der Waals surface area contributed by atoms with Gasteiger partial charge in [-0.3, -0.25) is 0 Å². The maximum Gasteiger partial charge on any atom is 0.0101 e. The Balaban J connectivity index is 1.61. The summed E-state index contributed by atoms with van der Waals surface area (Å²) in [5, 5.41) is 3.90. The molecule has 2 aliphatic rings. The first-order valence-electron chi connectivity index (χ1n) is 10.1. The van der Waals surface area contributed by atoms with E-state index in [9.17, 15) is 0 Å². The lowest BCUT2D eigenvalue weighted by Crippen LogP contribution is -2.32. The average Bonchev–Trinajstić information content (AvgIpc) is 3.24. The highest BCUT2D eigenvalue weighted by Crippen LogP contribution is 2.57. The summed E-state index contributed by atoms with van der Waals surface area (Å²) in [4.78, 5) is 0. The van der Waals surface area contributed by atoms with E-state index in [1.807, 2.05) is 0 Å². The summed E-state index contributed by atoms with van der Waals surface area (Å²) in [6.07, 6.45) is 19.0. The minimum Gasteiger partial charge on any atom is -0.314 e. The molecule has 0 amide bonds. The Labute approximate surface area is 133 Å². The van der Waals surface area contributed by atoms with Crippen molar-refractivity contribution in [1.29, 1.82) is 0 Å². The Hall–Kier alpha value is -0.0400. The van der Waals surface area contributed by atoms with Crippen LogP contribution >= 0.6 is 0 Å². The number of unbranched alkanes of at least 4 members (excludes halogenated alkanes) is 6. The fourth-order valence-corrected chi connectivity index (χ4v) is 4.73. The zero-order valence-electron chi connectivity index (χ0n) is 14.7. The Morgan fingerprint density at radius 3 is 2.05 bits per heavy atom. The zero-order chi connectivity index (χ0) is 14.9. The van der Waals surface area contributed by atoms with Crippen LogP contribution in [0.15, 0.2) is 0 Å². The highest BCUT2D eigenvalue weighted by atomic mass is 14.9. The van der Waals surface area contributed by atoms with Crippen LogP contribution in [0.5, 0.6) is 0 Å². The van der Waals surface area contributed by atoms with Gasteiger partial charge in [-0.1, -0.05) is 71.6 Å². The molecular formula is C20H39N. The lowest BCUT2D eigenvalue weighted by Gasteiger charge is -2.19. The predicted octanol–water partition coefficient (Wildman–Crippen LogP) is 5.93. The minimum absolute atomic E-state index is 0.855. The van der Waals surface area contributed by atoms with Crippen molar-refractivity contribution < 1.29 is 0 Å². The van der Waals surface area contributed by atoms with Crippen LogP contribution in [0.1, 0.15) is 97.3 Å². The van der Waals surface area contributed by atoms with Gasteiger partial charge in [0.15, 0.2) is 0 Å². The molecule has 3 atom stereocenters. The quantitative estimate of drug-likeness (QED) is 0.440. The third kappa shape index (κ3) is 5.58. The van der Waals surface area contributed by atoms with E-state index >= 15 is 0 Å². The summed E-state index contributed by atoms with van der Waals surface area (Å²) in [5.41, 5.74) is 0. The van der Waals surface area contributed by atoms with Gasteiger partial charge in [0.1, 0.15) is 0 Å². The average molecular weight is 294 g/mol. The van der Waals surface area contributed by atoms with Gasteiger partial charge in [0.2, 0.25) is 0 Å². The second-order valence-corrected chi connectivity index (χ2v) is 7.66. The molecule has 0 aliphatic heterocycles. The number of hydrogen-bond donors (Lipinski definition) is 1. The third-order valence-corrected chi connectivity index (χ3v) is 5.96. The molecule has 0 bridgehead atoms. The molecule has 1 nitrogen and oxygen atoms in total. The smallest absolute Gasteiger partial charge is 0.0101 e. The van der Waals surface area contributed by atoms with Gasteiger partial charge in [0.25, 0.3) is 0 Å². The van der Waals surface area contributed by atoms with Crippen molar-refractivity contribution in [2.75, 3.05) is 6.54 Å². The second kappa shape index (κ2) is 9.87. The highest BCUT2D eigenvalue weighted by Gasteiger charge is 2.53. The first-order valence-corrected chi connectivity index (χ1v) is 10.1. The van der Waals surface area contributed by atoms with E-state index in [-0.39, 0.29) is 0 Å². The summed E-state index contributed by atoms with van der Waals surface area (Å²) in [5.74, 6) is 3.27. The van der Waals surface area contributed by atoms with Crippen LogP contribution in [0.4, 0.5) is 0 Å². The molecule has 0 spiro atoms. The monoisotopic (exact) mass is 293 g/mol. The molecule has 0 aromatic carbocycles. The van der Waals surface area contributed by atoms with Crippen molar-refractivity contribution in [3.63, 3.8) is 0 Å². The molecule has 124 valence electrons. The van der Waals surface area contributed by atoms with Crippen molar-refractivity contribution in [2.45, 2.75) is 103 Å². The lowest BCUT2D eigenvalue weighted by molar-refractivity contribution is 0.390. The molecule has 0 saturated heterocycles. The van der Waals surface area contributed by atoms with Crippen molar-refractivity contribution in [3.8, 4) is 0 Å². The molecule has 0 aromatic rings. The van der Waals surface area contributed by atoms with Crippen LogP contribution in [-0.2, 0) is 0 Å². The van der Waals surface area contributed by atoms with Crippen molar-refractivity contribution >= 4 is 0 Å². The van der Waals surface area contributed by atoms with Crippen molar-refractivity contribution in [1.82, 2.24) is 5.32 Å². The molecule has 1 heteroatoms. The van der Waals surface area contributed by atoms with Gasteiger partial charge in [0.05, 0.1) is 0 Å². The summed E-state index contributed by atoms with van der Waals surface area (Å²) >= 11 is 0. The molecule has 0 radical (unpaired) electrons. The van der Waals surface area contributed by atoms with Gasteiger partial charge >= 0.3 is 0 Å². The van der Waals surface area contributed by atoms with Crippen LogP contribution in [-0.4, -0.2) is 12.6 Å². The third-order valence-electron chi connectivity index (χ3n) is 5.96. The zero-order valence-corrected chi connectivity index (χ0v) is 14.7. The predicted molar refractivity (Wildman–Crippen MR) is 93.6 cm³/mol. The molecule has 0 heterocycles. The molecule has 21 heavy (non-hydrogen) atoms. The molecule has 2 saturated carbocycles. The van der Waals surface area contributed by atoms with Gasteiger partial charge in [-0.15, -0.1) is 0 Å². The summed E-state index contributed by atoms with van der Waals surface area (Å²) in [7, 11) is 0. The van der Waals surface area contributed by atoms with Crippen LogP contribution in [0.25, 0.3) is 0 Å². The fourth-order valence-electron chi connectivity index (χ4n) is 4.73. The second-order valence-electron chi connectivity index (χ2n) is 7.66. The Morgan fingerprint density at radius 1 is 0.810 bits per heavy atom. The largest absolute Gasteiger partial charge is 0.314 e. The van der Waals surface area contributed by atoms with Crippen LogP contribution in [0.2, 0.25) is 0 Å². The topological polar surface area (TPSA) is 12.0 Å². The molecule has 2 aliphatic carbocycles. The van der Waals surface area contributed by atoms with Gasteiger partial charge in [-0.05, 0) is 50.0 Å². The molecule has 2 rings (SSSR count). The van der Waals surface area contributed by atoms with E-state index in [4.69, 9.17) is 0 Å². The Kier molecular flexibility index (Phi) is 8.14. The van der Waals surface area contributed by atoms with Crippen LogP contribution in [0, 0.1) is 17.8 Å². The van der Waals surface area contributed by atoms with Gasteiger partial charge in [0, 0.05) is 6.04 Å². The molecule has 3 unspecified atom stereocenters. The van der Waals surface area contributed by atoms with Crippen LogP contribution < -0.4 is 5.32 Å². The van der Waals surface area contributed by atoms with Gasteiger partial charge < -0.3 is 5.32 Å². The van der Waals surface area contributed by atoms with Crippen molar-refractivity contribution in [3.05, 3.63) is 0 Å². The van der Waals surface area contributed by atoms with E-state index in [0.29, 0.717) is 0 Å². The molecule has 2 fully saturated rings. The SMILES string of the molecule is CCCCCCCCCC(NCCC)C1C2CCCCC21. The van der Waals surface area contributed by atoms with Crippen molar-refractivity contribution in [2.24, 2.45) is 17.8 Å². The maximum absolute atomic E-state index is 3.90. The first kappa shape index (κ1) is 17.3. The van der Waals surface area contributed by atoms with E-state index in [2.05, 4.69) is 19.2 Å². The number of fused-ring (bicyclic) bond motifs is 1. The number of rotatable bonds is 12. The lowest BCUT2D eigenvalue weighted by atomic mass is 10.00. The first-order chi connectivity index (χ1) is 10.4. The van der Waals surface area contributed by atoms with Crippen LogP contribution in [0.3, 0.4) is 0 Å². The maximum atomic E-state index is 3.90. The normalized spacial score (nSPS) is 29.1. The van der Waals surface area contributed by atoms with E-state index in [1.165, 1.54) is 90.0 Å². The summed E-state index contributed by atoms with van der Waals surface area (Å²) in [6.45, 7) is 5.84. The highest BCUT2D eigenvalue weighted by molar-refractivity contribution is 5.04. The summed E-state index contributed by atoms with van der Waals surface area (Å²) in [6, 6.07) is 0.855. The Bertz CT molecular complexity index is 251.